The first-order valence-electron chi connectivity index (χ1n) is 11.5. The average molecular weight is 468 g/mol. The Balaban J connectivity index is 1.42. The van der Waals surface area contributed by atoms with Gasteiger partial charge < -0.3 is 30.2 Å². The van der Waals surface area contributed by atoms with Crippen LogP contribution in [0, 0.1) is 0 Å². The minimum absolute atomic E-state index is 0.157. The fraction of sp³-hybridized carbons (Fsp3) is 0.400. The van der Waals surface area contributed by atoms with E-state index in [2.05, 4.69) is 16.0 Å². The molecule has 4 rings (SSSR count). The Bertz CT molecular complexity index is 1070. The fourth-order valence-corrected chi connectivity index (χ4v) is 4.00. The Hall–Kier alpha value is -3.75. The van der Waals surface area contributed by atoms with Gasteiger partial charge in [0, 0.05) is 24.6 Å². The molecule has 0 saturated carbocycles. The Kier molecular flexibility index (Phi) is 7.51. The lowest BCUT2D eigenvalue weighted by Gasteiger charge is -2.20. The summed E-state index contributed by atoms with van der Waals surface area (Å²) in [6.07, 6.45) is 2.54. The highest BCUT2D eigenvalue weighted by molar-refractivity contribution is 5.98. The predicted molar refractivity (Wildman–Crippen MR) is 125 cm³/mol. The molecule has 3 N–H and O–H groups in total. The van der Waals surface area contributed by atoms with Crippen molar-refractivity contribution in [2.45, 2.75) is 31.7 Å². The zero-order chi connectivity index (χ0) is 23.9. The van der Waals surface area contributed by atoms with E-state index in [0.29, 0.717) is 55.0 Å². The van der Waals surface area contributed by atoms with Crippen molar-refractivity contribution in [1.82, 2.24) is 16.0 Å². The van der Waals surface area contributed by atoms with Crippen LogP contribution in [-0.2, 0) is 11.2 Å². The van der Waals surface area contributed by atoms with Gasteiger partial charge in [-0.05, 0) is 55.2 Å². The first-order valence-corrected chi connectivity index (χ1v) is 11.5. The molecule has 9 nitrogen and oxygen atoms in total. The second-order valence-electron chi connectivity index (χ2n) is 8.20. The van der Waals surface area contributed by atoms with E-state index in [4.69, 9.17) is 14.2 Å². The molecular weight excluding hydrogens is 438 g/mol. The number of hydrogen-bond donors (Lipinski definition) is 3. The molecular formula is C25H29N3O6. The molecule has 2 aromatic rings. The topological polar surface area (TPSA) is 115 Å². The van der Waals surface area contributed by atoms with Crippen LogP contribution in [0.3, 0.4) is 0 Å². The van der Waals surface area contributed by atoms with Gasteiger partial charge in [-0.15, -0.1) is 0 Å². The first kappa shape index (κ1) is 23.4. The zero-order valence-corrected chi connectivity index (χ0v) is 19.1. The molecule has 2 heterocycles. The summed E-state index contributed by atoms with van der Waals surface area (Å²) >= 11 is 0. The summed E-state index contributed by atoms with van der Waals surface area (Å²) in [5.41, 5.74) is 1.90. The Morgan fingerprint density at radius 3 is 2.71 bits per heavy atom. The summed E-state index contributed by atoms with van der Waals surface area (Å²) in [5, 5.41) is 8.57. The standard InChI is InChI=1S/C25H29N3O6/c1-32-18-6-7-19-22(15-18)34-13-11-27-25(31)20(4-2-3-10-26-24(19)30)28-23(29)17-5-8-21-16(14-17)9-12-33-21/h5-8,14-15,20H,2-4,9-13H2,1H3,(H,26,30)(H,27,31)(H,28,29)/t20-/m0/s1. The van der Waals surface area contributed by atoms with E-state index < -0.39 is 6.04 Å². The van der Waals surface area contributed by atoms with Gasteiger partial charge in [0.15, 0.2) is 0 Å². The van der Waals surface area contributed by atoms with Crippen molar-refractivity contribution in [3.63, 3.8) is 0 Å². The Morgan fingerprint density at radius 2 is 1.85 bits per heavy atom. The third-order valence-electron chi connectivity index (χ3n) is 5.87. The van der Waals surface area contributed by atoms with E-state index in [1.165, 1.54) is 7.11 Å². The molecule has 3 amide bonds. The van der Waals surface area contributed by atoms with E-state index in [0.717, 1.165) is 17.7 Å². The first-order chi connectivity index (χ1) is 16.5. The maximum atomic E-state index is 12.8. The summed E-state index contributed by atoms with van der Waals surface area (Å²) in [5.74, 6) is 0.943. The van der Waals surface area contributed by atoms with Gasteiger partial charge in [-0.2, -0.15) is 0 Å². The van der Waals surface area contributed by atoms with Gasteiger partial charge in [-0.25, -0.2) is 0 Å². The van der Waals surface area contributed by atoms with Crippen LogP contribution >= 0.6 is 0 Å². The van der Waals surface area contributed by atoms with Crippen molar-refractivity contribution < 1.29 is 28.6 Å². The Labute approximate surface area is 198 Å². The summed E-state index contributed by atoms with van der Waals surface area (Å²) in [6.45, 7) is 1.43. The quantitative estimate of drug-likeness (QED) is 0.635. The molecule has 2 aliphatic rings. The molecule has 2 aromatic carbocycles. The molecule has 0 fully saturated rings. The van der Waals surface area contributed by atoms with Gasteiger partial charge >= 0.3 is 0 Å². The zero-order valence-electron chi connectivity index (χ0n) is 19.1. The molecule has 1 atom stereocenters. The van der Waals surface area contributed by atoms with E-state index in [1.54, 1.807) is 30.3 Å². The second-order valence-corrected chi connectivity index (χ2v) is 8.20. The molecule has 0 bridgehead atoms. The minimum atomic E-state index is -0.692. The Morgan fingerprint density at radius 1 is 1.00 bits per heavy atom. The van der Waals surface area contributed by atoms with Gasteiger partial charge in [0.1, 0.15) is 29.9 Å². The van der Waals surface area contributed by atoms with Gasteiger partial charge in [0.25, 0.3) is 11.8 Å². The average Bonchev–Trinajstić information content (AvgIpc) is 3.32. The van der Waals surface area contributed by atoms with Crippen LogP contribution in [-0.4, -0.2) is 57.2 Å². The third kappa shape index (κ3) is 5.59. The molecule has 0 spiro atoms. The summed E-state index contributed by atoms with van der Waals surface area (Å²) in [6, 6.07) is 9.62. The van der Waals surface area contributed by atoms with E-state index in [1.807, 2.05) is 6.07 Å². The number of hydrogen-bond acceptors (Lipinski definition) is 6. The summed E-state index contributed by atoms with van der Waals surface area (Å²) in [7, 11) is 1.54. The van der Waals surface area contributed by atoms with E-state index in [-0.39, 0.29) is 30.9 Å². The number of ether oxygens (including phenoxy) is 3. The number of amides is 3. The normalized spacial score (nSPS) is 18.7. The van der Waals surface area contributed by atoms with Crippen LogP contribution in [0.2, 0.25) is 0 Å². The number of carbonyl (C=O) groups is 3. The van der Waals surface area contributed by atoms with Crippen molar-refractivity contribution in [1.29, 1.82) is 0 Å². The lowest BCUT2D eigenvalue weighted by Crippen LogP contribution is -2.47. The van der Waals surface area contributed by atoms with Crippen molar-refractivity contribution in [2.75, 3.05) is 33.4 Å². The molecule has 0 radical (unpaired) electrons. The molecule has 0 aromatic heterocycles. The van der Waals surface area contributed by atoms with Crippen molar-refractivity contribution in [2.24, 2.45) is 0 Å². The lowest BCUT2D eigenvalue weighted by molar-refractivity contribution is -0.123. The number of rotatable bonds is 3. The van der Waals surface area contributed by atoms with Crippen molar-refractivity contribution in [3.8, 4) is 17.2 Å². The van der Waals surface area contributed by atoms with Crippen LogP contribution in [0.25, 0.3) is 0 Å². The molecule has 0 saturated heterocycles. The molecule has 9 heteroatoms. The van der Waals surface area contributed by atoms with Gasteiger partial charge in [-0.1, -0.05) is 0 Å². The molecule has 0 aliphatic carbocycles. The molecule has 180 valence electrons. The smallest absolute Gasteiger partial charge is 0.255 e. The highest BCUT2D eigenvalue weighted by Crippen LogP contribution is 2.26. The van der Waals surface area contributed by atoms with Crippen LogP contribution in [0.5, 0.6) is 17.2 Å². The maximum Gasteiger partial charge on any atom is 0.255 e. The predicted octanol–water partition coefficient (Wildman–Crippen LogP) is 1.84. The maximum absolute atomic E-state index is 12.8. The molecule has 2 aliphatic heterocycles. The number of fused-ring (bicyclic) bond motifs is 2. The minimum Gasteiger partial charge on any atom is -0.497 e. The van der Waals surface area contributed by atoms with E-state index in [9.17, 15) is 14.4 Å². The number of benzene rings is 2. The SMILES string of the molecule is COc1ccc2c(c1)OCCNC(=O)[C@@H](NC(=O)c1ccc3c(c1)CCO3)CCCCNC2=O. The molecule has 34 heavy (non-hydrogen) atoms. The number of methoxy groups -OCH3 is 1. The number of nitrogens with one attached hydrogen (secondary N) is 3. The largest absolute Gasteiger partial charge is 0.497 e. The van der Waals surface area contributed by atoms with Gasteiger partial charge in [0.2, 0.25) is 5.91 Å². The third-order valence-corrected chi connectivity index (χ3v) is 5.87. The lowest BCUT2D eigenvalue weighted by atomic mass is 10.1. The van der Waals surface area contributed by atoms with Crippen molar-refractivity contribution in [3.05, 3.63) is 53.1 Å². The second kappa shape index (κ2) is 10.9. The molecule has 0 unspecified atom stereocenters. The van der Waals surface area contributed by atoms with Gasteiger partial charge in [-0.3, -0.25) is 14.4 Å². The summed E-state index contributed by atoms with van der Waals surface area (Å²) < 4.78 is 16.5. The van der Waals surface area contributed by atoms with Crippen LogP contribution < -0.4 is 30.2 Å². The fourth-order valence-electron chi connectivity index (χ4n) is 4.00. The number of carbonyl (C=O) groups excluding carboxylic acids is 3. The van der Waals surface area contributed by atoms with Gasteiger partial charge in [0.05, 0.1) is 25.8 Å². The highest BCUT2D eigenvalue weighted by atomic mass is 16.5. The monoisotopic (exact) mass is 467 g/mol. The van der Waals surface area contributed by atoms with Crippen LogP contribution in [0.1, 0.15) is 45.5 Å². The van der Waals surface area contributed by atoms with E-state index >= 15 is 0 Å². The van der Waals surface area contributed by atoms with Crippen LogP contribution in [0.4, 0.5) is 0 Å². The van der Waals surface area contributed by atoms with Crippen molar-refractivity contribution >= 4 is 17.7 Å². The highest BCUT2D eigenvalue weighted by Gasteiger charge is 2.23. The van der Waals surface area contributed by atoms with Crippen LogP contribution in [0.15, 0.2) is 36.4 Å². The summed E-state index contributed by atoms with van der Waals surface area (Å²) in [4.78, 5) is 38.3.